The van der Waals surface area contributed by atoms with Gasteiger partial charge in [-0.2, -0.15) is 0 Å². The molecule has 0 radical (unpaired) electrons. The van der Waals surface area contributed by atoms with Crippen molar-refractivity contribution in [1.29, 1.82) is 0 Å². The Balaban J connectivity index is 0.000000921. The molecule has 0 aliphatic rings. The van der Waals surface area contributed by atoms with Crippen molar-refractivity contribution in [3.8, 4) is 0 Å². The predicted octanol–water partition coefficient (Wildman–Crippen LogP) is 3.24. The maximum absolute atomic E-state index is 5.83. The number of hydrogen-bond acceptors (Lipinski definition) is 3. The predicted molar refractivity (Wildman–Crippen MR) is 70.5 cm³/mol. The van der Waals surface area contributed by atoms with Crippen molar-refractivity contribution in [2.45, 2.75) is 13.8 Å². The first-order valence-corrected chi connectivity index (χ1v) is 5.69. The lowest BCUT2D eigenvalue weighted by Gasteiger charge is -2.13. The molecular weight excluding hydrogens is 277 g/mol. The van der Waals surface area contributed by atoms with Gasteiger partial charge in [0.2, 0.25) is 0 Å². The van der Waals surface area contributed by atoms with Crippen LogP contribution in [0.3, 0.4) is 0 Å². The van der Waals surface area contributed by atoms with Crippen LogP contribution in [0.25, 0.3) is 0 Å². The Hall–Kier alpha value is -0.710. The number of nitrogens with zero attached hydrogens (tertiary/aromatic N) is 1. The highest BCUT2D eigenvalue weighted by Crippen LogP contribution is 2.24. The molecule has 0 unspecified atom stereocenters. The molecule has 0 spiro atoms. The molecule has 3 nitrogen and oxygen atoms in total. The van der Waals surface area contributed by atoms with E-state index in [1.54, 1.807) is 12.1 Å². The van der Waals surface area contributed by atoms with Crippen LogP contribution in [-0.2, 0) is 0 Å². The van der Waals surface area contributed by atoms with E-state index in [0.29, 0.717) is 5.02 Å². The zero-order valence-electron chi connectivity index (χ0n) is 8.74. The van der Waals surface area contributed by atoms with Crippen LogP contribution in [0, 0.1) is 0 Å². The number of hydrazine groups is 1. The monoisotopic (exact) mass is 291 g/mol. The van der Waals surface area contributed by atoms with Crippen LogP contribution in [0.4, 0.5) is 5.69 Å². The number of halogens is 2. The zero-order valence-corrected chi connectivity index (χ0v) is 11.1. The summed E-state index contributed by atoms with van der Waals surface area (Å²) in [6, 6.07) is 5.36. The second-order valence-electron chi connectivity index (χ2n) is 2.38. The lowest BCUT2D eigenvalue weighted by Crippen LogP contribution is -2.24. The Labute approximate surface area is 104 Å². The Morgan fingerprint density at radius 2 is 1.93 bits per heavy atom. The average molecular weight is 293 g/mol. The molecule has 1 aromatic rings. The first kappa shape index (κ1) is 14.3. The maximum atomic E-state index is 5.83. The molecule has 4 N–H and O–H groups in total. The van der Waals surface area contributed by atoms with E-state index in [4.69, 9.17) is 23.2 Å². The molecule has 0 saturated heterocycles. The quantitative estimate of drug-likeness (QED) is 0.650. The Morgan fingerprint density at radius 1 is 1.33 bits per heavy atom. The normalized spacial score (nSPS) is 9.67. The summed E-state index contributed by atoms with van der Waals surface area (Å²) in [6.45, 7) is 4.00. The maximum Gasteiger partial charge on any atom is 0.0594 e. The number of hydrogen-bond donors (Lipinski definition) is 2. The second kappa shape index (κ2) is 7.56. The van der Waals surface area contributed by atoms with Gasteiger partial charge >= 0.3 is 0 Å². The van der Waals surface area contributed by atoms with Crippen LogP contribution < -0.4 is 16.6 Å². The van der Waals surface area contributed by atoms with Crippen molar-refractivity contribution in [1.82, 2.24) is 0 Å². The fourth-order valence-corrected chi connectivity index (χ4v) is 1.71. The molecule has 0 saturated carbocycles. The summed E-state index contributed by atoms with van der Waals surface area (Å²) in [4.78, 5) is 0. The van der Waals surface area contributed by atoms with E-state index in [9.17, 15) is 0 Å². The molecule has 1 rings (SSSR count). The highest BCUT2D eigenvalue weighted by Gasteiger charge is 2.00. The summed E-state index contributed by atoms with van der Waals surface area (Å²) < 4.78 is 0.871. The van der Waals surface area contributed by atoms with Crippen molar-refractivity contribution < 1.29 is 0 Å². The topological polar surface area (TPSA) is 55.3 Å². The van der Waals surface area contributed by atoms with Gasteiger partial charge in [-0.1, -0.05) is 41.4 Å². The number of rotatable bonds is 2. The van der Waals surface area contributed by atoms with Gasteiger partial charge < -0.3 is 5.73 Å². The highest BCUT2D eigenvalue weighted by atomic mass is 79.9. The Morgan fingerprint density at radius 3 is 2.40 bits per heavy atom. The van der Waals surface area contributed by atoms with Gasteiger partial charge in [0.15, 0.2) is 0 Å². The lowest BCUT2D eigenvalue weighted by molar-refractivity contribution is 1.07. The van der Waals surface area contributed by atoms with E-state index in [0.717, 1.165) is 10.2 Å². The first-order valence-electron chi connectivity index (χ1n) is 4.52. The number of benzene rings is 1. The molecule has 0 bridgehead atoms. The van der Waals surface area contributed by atoms with Crippen LogP contribution >= 0.6 is 27.5 Å². The molecule has 0 aromatic heterocycles. The van der Waals surface area contributed by atoms with Gasteiger partial charge in [-0.15, -0.1) is 0 Å². The van der Waals surface area contributed by atoms with E-state index in [1.807, 2.05) is 19.9 Å². The molecular formula is C10H15BrClN3. The Bertz CT molecular complexity index is 308. The standard InChI is InChI=1S/C8H9BrClN3.C2H6/c9-6-3-7(10)5-8(4-6)13(12)2-1-11;1-2/h1-5H,11-12H2;1-2H3/b2-1-;. The van der Waals surface area contributed by atoms with E-state index in [-0.39, 0.29) is 0 Å². The number of anilines is 1. The summed E-state index contributed by atoms with van der Waals surface area (Å²) >= 11 is 9.14. The van der Waals surface area contributed by atoms with Gasteiger partial charge in [0.1, 0.15) is 0 Å². The van der Waals surface area contributed by atoms with E-state index >= 15 is 0 Å². The van der Waals surface area contributed by atoms with Crippen LogP contribution in [0.1, 0.15) is 13.8 Å². The van der Waals surface area contributed by atoms with Crippen molar-refractivity contribution in [3.63, 3.8) is 0 Å². The van der Waals surface area contributed by atoms with Gasteiger partial charge in [0, 0.05) is 21.9 Å². The van der Waals surface area contributed by atoms with E-state index < -0.39 is 0 Å². The van der Waals surface area contributed by atoms with Crippen molar-refractivity contribution >= 4 is 33.2 Å². The molecule has 15 heavy (non-hydrogen) atoms. The van der Waals surface area contributed by atoms with Gasteiger partial charge in [-0.3, -0.25) is 5.01 Å². The van der Waals surface area contributed by atoms with E-state index in [1.165, 1.54) is 17.4 Å². The number of nitrogens with two attached hydrogens (primary N) is 2. The first-order chi connectivity index (χ1) is 7.13. The molecule has 5 heteroatoms. The molecule has 84 valence electrons. The third kappa shape index (κ3) is 5.06. The minimum absolute atomic E-state index is 0.616. The van der Waals surface area contributed by atoms with Gasteiger partial charge in [-0.25, -0.2) is 5.84 Å². The largest absolute Gasteiger partial charge is 0.403 e. The minimum atomic E-state index is 0.616. The summed E-state index contributed by atoms with van der Waals surface area (Å²) in [5.74, 6) is 5.63. The smallest absolute Gasteiger partial charge is 0.0594 e. The minimum Gasteiger partial charge on any atom is -0.403 e. The van der Waals surface area contributed by atoms with Crippen LogP contribution in [-0.4, -0.2) is 0 Å². The second-order valence-corrected chi connectivity index (χ2v) is 3.73. The van der Waals surface area contributed by atoms with Crippen molar-refractivity contribution in [2.75, 3.05) is 5.01 Å². The third-order valence-corrected chi connectivity index (χ3v) is 2.07. The van der Waals surface area contributed by atoms with Gasteiger partial charge in [0.25, 0.3) is 0 Å². The van der Waals surface area contributed by atoms with Crippen LogP contribution in [0.15, 0.2) is 35.1 Å². The molecule has 0 aliphatic heterocycles. The fourth-order valence-electron chi connectivity index (χ4n) is 0.867. The van der Waals surface area contributed by atoms with Crippen LogP contribution in [0.2, 0.25) is 5.02 Å². The summed E-state index contributed by atoms with van der Waals surface area (Å²) in [7, 11) is 0. The molecule has 1 aromatic carbocycles. The SMILES string of the molecule is CC.N/C=C\N(N)c1cc(Cl)cc(Br)c1. The average Bonchev–Trinajstić information content (AvgIpc) is 2.20. The van der Waals surface area contributed by atoms with Crippen molar-refractivity contribution in [3.05, 3.63) is 40.1 Å². The third-order valence-electron chi connectivity index (χ3n) is 1.39. The van der Waals surface area contributed by atoms with Crippen LogP contribution in [0.5, 0.6) is 0 Å². The van der Waals surface area contributed by atoms with Gasteiger partial charge in [0.05, 0.1) is 5.69 Å². The fraction of sp³-hybridized carbons (Fsp3) is 0.200. The van der Waals surface area contributed by atoms with Gasteiger partial charge in [-0.05, 0) is 18.2 Å². The zero-order chi connectivity index (χ0) is 11.8. The lowest BCUT2D eigenvalue weighted by atomic mass is 10.3. The van der Waals surface area contributed by atoms with E-state index in [2.05, 4.69) is 15.9 Å². The molecule has 0 atom stereocenters. The molecule has 0 heterocycles. The molecule has 0 aliphatic carbocycles. The highest BCUT2D eigenvalue weighted by molar-refractivity contribution is 9.10. The Kier molecular flexibility index (Phi) is 7.21. The van der Waals surface area contributed by atoms with Crippen molar-refractivity contribution in [2.24, 2.45) is 11.6 Å². The molecule has 0 amide bonds. The summed E-state index contributed by atoms with van der Waals surface area (Å²) in [5, 5.41) is 2.00. The summed E-state index contributed by atoms with van der Waals surface area (Å²) in [5.41, 5.74) is 5.96. The summed E-state index contributed by atoms with van der Waals surface area (Å²) in [6.07, 6.45) is 2.90. The molecule has 0 fully saturated rings.